The molecule has 0 aliphatic heterocycles. The van der Waals surface area contributed by atoms with Crippen molar-refractivity contribution < 1.29 is 14.0 Å². The molecule has 1 aliphatic rings. The van der Waals surface area contributed by atoms with E-state index in [1.807, 2.05) is 31.2 Å². The molecule has 132 valence electrons. The Morgan fingerprint density at radius 3 is 2.67 bits per heavy atom. The van der Waals surface area contributed by atoms with E-state index in [2.05, 4.69) is 24.0 Å². The Kier molecular flexibility index (Phi) is 5.22. The quantitative estimate of drug-likeness (QED) is 0.888. The summed E-state index contributed by atoms with van der Waals surface area (Å²) >= 11 is 0. The van der Waals surface area contributed by atoms with Crippen molar-refractivity contribution in [2.75, 3.05) is 13.7 Å². The van der Waals surface area contributed by atoms with Gasteiger partial charge in [-0.05, 0) is 19.1 Å². The smallest absolute Gasteiger partial charge is 0.247 e. The van der Waals surface area contributed by atoms with Crippen LogP contribution in [0.1, 0.15) is 33.1 Å². The van der Waals surface area contributed by atoms with Crippen LogP contribution in [0.4, 0.5) is 0 Å². The van der Waals surface area contributed by atoms with Gasteiger partial charge in [0.05, 0.1) is 18.8 Å². The topological polar surface area (TPSA) is 83.4 Å². The van der Waals surface area contributed by atoms with Gasteiger partial charge in [0.2, 0.25) is 11.7 Å². The van der Waals surface area contributed by atoms with E-state index in [4.69, 9.17) is 19.7 Å². The van der Waals surface area contributed by atoms with Crippen molar-refractivity contribution in [1.29, 1.82) is 0 Å². The van der Waals surface area contributed by atoms with Gasteiger partial charge >= 0.3 is 0 Å². The first-order chi connectivity index (χ1) is 10.9. The van der Waals surface area contributed by atoms with Gasteiger partial charge in [-0.2, -0.15) is 4.98 Å². The molecule has 24 heavy (non-hydrogen) atoms. The van der Waals surface area contributed by atoms with Crippen molar-refractivity contribution in [3.8, 4) is 17.1 Å². The molecule has 1 saturated carbocycles. The fourth-order valence-corrected chi connectivity index (χ4v) is 3.14. The molecule has 3 rings (SSSR count). The van der Waals surface area contributed by atoms with E-state index in [1.54, 1.807) is 7.11 Å². The predicted molar refractivity (Wildman–Crippen MR) is 93.2 cm³/mol. The van der Waals surface area contributed by atoms with E-state index in [1.165, 1.54) is 0 Å². The van der Waals surface area contributed by atoms with E-state index in [0.29, 0.717) is 30.5 Å². The first kappa shape index (κ1) is 18.7. The van der Waals surface area contributed by atoms with Crippen LogP contribution in [0.2, 0.25) is 0 Å². The number of methoxy groups -OCH3 is 1. The average molecular weight is 354 g/mol. The summed E-state index contributed by atoms with van der Waals surface area (Å²) in [4.78, 5) is 4.53. The van der Waals surface area contributed by atoms with Crippen LogP contribution in [0.3, 0.4) is 0 Å². The number of rotatable bonds is 5. The third kappa shape index (κ3) is 2.68. The highest BCUT2D eigenvalue weighted by Gasteiger charge is 2.62. The van der Waals surface area contributed by atoms with Gasteiger partial charge in [0, 0.05) is 18.4 Å². The van der Waals surface area contributed by atoms with Crippen LogP contribution in [-0.4, -0.2) is 30.0 Å². The first-order valence-electron chi connectivity index (χ1n) is 7.82. The van der Waals surface area contributed by atoms with Crippen molar-refractivity contribution in [1.82, 2.24) is 10.1 Å². The van der Waals surface area contributed by atoms with Gasteiger partial charge in [0.25, 0.3) is 0 Å². The first-order valence-corrected chi connectivity index (χ1v) is 7.82. The molecule has 0 spiro atoms. The molecular formula is C17H24ClN3O3. The zero-order valence-corrected chi connectivity index (χ0v) is 15.2. The number of ether oxygens (including phenoxy) is 2. The number of nitrogens with zero attached hydrogens (tertiary/aromatic N) is 2. The minimum atomic E-state index is -0.680. The lowest BCUT2D eigenvalue weighted by Crippen LogP contribution is -2.67. The summed E-state index contributed by atoms with van der Waals surface area (Å²) in [5.74, 6) is 1.63. The number of aromatic nitrogens is 2. The average Bonchev–Trinajstić information content (AvgIpc) is 3.04. The molecule has 0 bridgehead atoms. The lowest BCUT2D eigenvalue weighted by atomic mass is 9.54. The molecule has 6 nitrogen and oxygen atoms in total. The monoisotopic (exact) mass is 353 g/mol. The van der Waals surface area contributed by atoms with Crippen molar-refractivity contribution in [3.05, 3.63) is 30.2 Å². The Morgan fingerprint density at radius 1 is 1.33 bits per heavy atom. The van der Waals surface area contributed by atoms with Crippen LogP contribution in [0.5, 0.6) is 5.75 Å². The molecule has 2 N–H and O–H groups in total. The van der Waals surface area contributed by atoms with Crippen LogP contribution in [0.25, 0.3) is 11.4 Å². The third-order valence-electron chi connectivity index (χ3n) is 4.99. The van der Waals surface area contributed by atoms with E-state index in [-0.39, 0.29) is 23.9 Å². The second kappa shape index (κ2) is 6.70. The maximum absolute atomic E-state index is 6.58. The van der Waals surface area contributed by atoms with Crippen LogP contribution < -0.4 is 10.5 Å². The van der Waals surface area contributed by atoms with Gasteiger partial charge in [0.15, 0.2) is 0 Å². The Morgan fingerprint density at radius 2 is 2.04 bits per heavy atom. The Hall–Kier alpha value is -1.63. The number of halogens is 1. The van der Waals surface area contributed by atoms with E-state index < -0.39 is 5.54 Å². The minimum Gasteiger partial charge on any atom is -0.496 e. The summed E-state index contributed by atoms with van der Waals surface area (Å²) < 4.78 is 16.6. The molecule has 2 atom stereocenters. The molecule has 2 unspecified atom stereocenters. The highest BCUT2D eigenvalue weighted by Crippen LogP contribution is 2.55. The zero-order chi connectivity index (χ0) is 16.7. The van der Waals surface area contributed by atoms with E-state index in [0.717, 1.165) is 5.56 Å². The zero-order valence-electron chi connectivity index (χ0n) is 14.4. The van der Waals surface area contributed by atoms with Crippen molar-refractivity contribution in [2.24, 2.45) is 11.1 Å². The normalized spacial score (nSPS) is 24.8. The number of para-hydroxylation sites is 1. The molecule has 1 aromatic carbocycles. The fraction of sp³-hybridized carbons (Fsp3) is 0.529. The molecule has 2 aromatic rings. The molecule has 0 saturated heterocycles. The maximum Gasteiger partial charge on any atom is 0.247 e. The van der Waals surface area contributed by atoms with Gasteiger partial charge in [-0.3, -0.25) is 0 Å². The van der Waals surface area contributed by atoms with Gasteiger partial charge in [-0.15, -0.1) is 12.4 Å². The SMILES string of the molecule is CCOC1CC(N)(c2nc(-c3ccccc3OC)no2)C1(C)C.Cl. The van der Waals surface area contributed by atoms with Crippen molar-refractivity contribution >= 4 is 12.4 Å². The maximum atomic E-state index is 6.58. The summed E-state index contributed by atoms with van der Waals surface area (Å²) in [5.41, 5.74) is 6.41. The van der Waals surface area contributed by atoms with Gasteiger partial charge < -0.3 is 19.7 Å². The van der Waals surface area contributed by atoms with Gasteiger partial charge in [-0.25, -0.2) is 0 Å². The standard InChI is InChI=1S/C17H23N3O3.ClH/c1-5-22-13-10-17(18,16(13,2)3)15-19-14(20-23-15)11-8-6-7-9-12(11)21-4;/h6-9,13H,5,10,18H2,1-4H3;1H. The highest BCUT2D eigenvalue weighted by molar-refractivity contribution is 5.85. The van der Waals surface area contributed by atoms with Crippen LogP contribution in [0.15, 0.2) is 28.8 Å². The molecule has 1 fully saturated rings. The highest BCUT2D eigenvalue weighted by atomic mass is 35.5. The molecule has 0 radical (unpaired) electrons. The Balaban J connectivity index is 0.00000208. The molecule has 7 heteroatoms. The van der Waals surface area contributed by atoms with Gasteiger partial charge in [0.1, 0.15) is 11.3 Å². The lowest BCUT2D eigenvalue weighted by Gasteiger charge is -2.56. The van der Waals surface area contributed by atoms with Crippen LogP contribution in [-0.2, 0) is 10.3 Å². The summed E-state index contributed by atoms with van der Waals surface area (Å²) in [6, 6.07) is 7.56. The van der Waals surface area contributed by atoms with E-state index >= 15 is 0 Å². The second-order valence-electron chi connectivity index (χ2n) is 6.46. The molecule has 1 aliphatic carbocycles. The largest absolute Gasteiger partial charge is 0.496 e. The summed E-state index contributed by atoms with van der Waals surface area (Å²) in [6.45, 7) is 6.80. The Bertz CT molecular complexity index is 704. The van der Waals surface area contributed by atoms with Crippen molar-refractivity contribution in [2.45, 2.75) is 38.8 Å². The van der Waals surface area contributed by atoms with Crippen LogP contribution >= 0.6 is 12.4 Å². The number of nitrogens with two attached hydrogens (primary N) is 1. The molecule has 1 aromatic heterocycles. The second-order valence-corrected chi connectivity index (χ2v) is 6.46. The summed E-state index contributed by atoms with van der Waals surface area (Å²) in [6.07, 6.45) is 0.764. The molecule has 1 heterocycles. The summed E-state index contributed by atoms with van der Waals surface area (Å²) in [7, 11) is 1.62. The number of hydrogen-bond acceptors (Lipinski definition) is 6. The van der Waals surface area contributed by atoms with E-state index in [9.17, 15) is 0 Å². The predicted octanol–water partition coefficient (Wildman–Crippen LogP) is 3.16. The Labute approximate surface area is 148 Å². The molecule has 0 amide bonds. The summed E-state index contributed by atoms with van der Waals surface area (Å²) in [5, 5.41) is 4.09. The van der Waals surface area contributed by atoms with Crippen LogP contribution in [0, 0.1) is 5.41 Å². The molecular weight excluding hydrogens is 330 g/mol. The lowest BCUT2D eigenvalue weighted by molar-refractivity contribution is -0.162. The number of benzene rings is 1. The number of hydrogen-bond donors (Lipinski definition) is 1. The minimum absolute atomic E-state index is 0. The van der Waals surface area contributed by atoms with Crippen molar-refractivity contribution in [3.63, 3.8) is 0 Å². The van der Waals surface area contributed by atoms with Gasteiger partial charge in [-0.1, -0.05) is 31.1 Å². The third-order valence-corrected chi connectivity index (χ3v) is 4.99. The fourth-order valence-electron chi connectivity index (χ4n) is 3.14.